The average Bonchev–Trinajstić information content (AvgIpc) is 2.53. The van der Waals surface area contributed by atoms with Gasteiger partial charge in [-0.15, -0.1) is 0 Å². The number of nitrogen functional groups attached to an aromatic ring is 1. The number of nitro benzene ring substituents is 1. The quantitative estimate of drug-likeness (QED) is 0.421. The van der Waals surface area contributed by atoms with Crippen LogP contribution in [0.4, 0.5) is 11.4 Å². The summed E-state index contributed by atoms with van der Waals surface area (Å²) in [5.74, 6) is 0.469. The molecule has 0 spiro atoms. The molecule has 0 fully saturated rings. The maximum atomic E-state index is 10.8. The van der Waals surface area contributed by atoms with Crippen LogP contribution in [0.1, 0.15) is 11.1 Å². The van der Waals surface area contributed by atoms with Gasteiger partial charge < -0.3 is 20.7 Å². The molecular weight excluding hydrogens is 320 g/mol. The predicted octanol–water partition coefficient (Wildman–Crippen LogP) is 2.32. The molecule has 2 rings (SSSR count). The lowest BCUT2D eigenvalue weighted by Gasteiger charge is -2.13. The second-order valence-corrected chi connectivity index (χ2v) is 5.81. The van der Waals surface area contributed by atoms with E-state index in [0.29, 0.717) is 16.9 Å². The van der Waals surface area contributed by atoms with E-state index in [1.165, 1.54) is 31.0 Å². The Hall–Kier alpha value is -2.29. The zero-order chi connectivity index (χ0) is 17.0. The molecule has 0 aliphatic heterocycles. The van der Waals surface area contributed by atoms with Gasteiger partial charge in [-0.3, -0.25) is 10.1 Å². The molecule has 0 aliphatic carbocycles. The van der Waals surface area contributed by atoms with E-state index in [4.69, 9.17) is 10.5 Å². The maximum absolute atomic E-state index is 10.8. The third-order valence-electron chi connectivity index (χ3n) is 3.25. The van der Waals surface area contributed by atoms with Crippen molar-refractivity contribution in [3.05, 3.63) is 51.6 Å². The van der Waals surface area contributed by atoms with Crippen LogP contribution >= 0.6 is 11.8 Å². The standard InChI is InChI=1S/C15H16N2O5S/c1-22-15-6-11(4-9(7-18)12(15)8-19)23-10-2-3-14(17(20)21)13(16)5-10/h2-6,18-19H,7-8,16H2,1H3. The first-order valence-corrected chi connectivity index (χ1v) is 7.45. The molecule has 4 N–H and O–H groups in total. The highest BCUT2D eigenvalue weighted by Crippen LogP contribution is 2.36. The molecular formula is C15H16N2O5S. The largest absolute Gasteiger partial charge is 0.496 e. The van der Waals surface area contributed by atoms with Crippen molar-refractivity contribution in [2.24, 2.45) is 0 Å². The number of hydrogen-bond donors (Lipinski definition) is 3. The van der Waals surface area contributed by atoms with Crippen molar-refractivity contribution in [3.63, 3.8) is 0 Å². The lowest BCUT2D eigenvalue weighted by atomic mass is 10.1. The molecule has 0 bridgehead atoms. The number of nitrogens with zero attached hydrogens (tertiary/aromatic N) is 1. The van der Waals surface area contributed by atoms with Crippen LogP contribution in [0.2, 0.25) is 0 Å². The molecule has 0 saturated carbocycles. The summed E-state index contributed by atoms with van der Waals surface area (Å²) in [4.78, 5) is 11.7. The summed E-state index contributed by atoms with van der Waals surface area (Å²) in [7, 11) is 1.48. The van der Waals surface area contributed by atoms with Crippen LogP contribution in [0.3, 0.4) is 0 Å². The minimum atomic E-state index is -0.535. The van der Waals surface area contributed by atoms with Gasteiger partial charge in [-0.2, -0.15) is 0 Å². The molecule has 0 saturated heterocycles. The highest BCUT2D eigenvalue weighted by Gasteiger charge is 2.14. The third kappa shape index (κ3) is 3.73. The van der Waals surface area contributed by atoms with Crippen molar-refractivity contribution in [1.82, 2.24) is 0 Å². The first-order valence-electron chi connectivity index (χ1n) is 6.63. The molecule has 7 nitrogen and oxygen atoms in total. The van der Waals surface area contributed by atoms with Crippen LogP contribution in [0.5, 0.6) is 5.75 Å². The summed E-state index contributed by atoms with van der Waals surface area (Å²) in [6.07, 6.45) is 0. The van der Waals surface area contributed by atoms with E-state index in [0.717, 1.165) is 9.79 Å². The van der Waals surface area contributed by atoms with Gasteiger partial charge in [-0.1, -0.05) is 11.8 Å². The number of rotatable bonds is 6. The SMILES string of the molecule is COc1cc(Sc2ccc([N+](=O)[O-])c(N)c2)cc(CO)c1CO. The first kappa shape index (κ1) is 17.1. The highest BCUT2D eigenvalue weighted by molar-refractivity contribution is 7.99. The van der Waals surface area contributed by atoms with Gasteiger partial charge in [-0.25, -0.2) is 0 Å². The molecule has 8 heteroatoms. The number of hydrogen-bond acceptors (Lipinski definition) is 7. The average molecular weight is 336 g/mol. The molecule has 0 unspecified atom stereocenters. The molecule has 2 aromatic carbocycles. The van der Waals surface area contributed by atoms with E-state index in [1.54, 1.807) is 18.2 Å². The molecule has 23 heavy (non-hydrogen) atoms. The van der Waals surface area contributed by atoms with Crippen molar-refractivity contribution in [2.45, 2.75) is 23.0 Å². The van der Waals surface area contributed by atoms with Gasteiger partial charge in [0.25, 0.3) is 5.69 Å². The van der Waals surface area contributed by atoms with Crippen LogP contribution < -0.4 is 10.5 Å². The Balaban J connectivity index is 2.36. The summed E-state index contributed by atoms with van der Waals surface area (Å²) in [6.45, 7) is -0.475. The van der Waals surface area contributed by atoms with Crippen molar-refractivity contribution in [3.8, 4) is 5.75 Å². The van der Waals surface area contributed by atoms with Gasteiger partial charge in [0.1, 0.15) is 11.4 Å². The van der Waals surface area contributed by atoms with E-state index in [1.807, 2.05) is 0 Å². The lowest BCUT2D eigenvalue weighted by Crippen LogP contribution is -1.99. The Labute approximate surface area is 136 Å². The Kier molecular flexibility index (Phi) is 5.43. The smallest absolute Gasteiger partial charge is 0.292 e. The maximum Gasteiger partial charge on any atom is 0.292 e. The summed E-state index contributed by atoms with van der Waals surface area (Å²) in [5.41, 5.74) is 6.72. The summed E-state index contributed by atoms with van der Waals surface area (Å²) < 4.78 is 5.23. The van der Waals surface area contributed by atoms with Gasteiger partial charge in [0.15, 0.2) is 0 Å². The molecule has 0 heterocycles. The van der Waals surface area contributed by atoms with Gasteiger partial charge in [0.05, 0.1) is 25.2 Å². The number of ether oxygens (including phenoxy) is 1. The summed E-state index contributed by atoms with van der Waals surface area (Å²) in [6, 6.07) is 7.94. The molecule has 0 aliphatic rings. The Bertz CT molecular complexity index is 711. The van der Waals surface area contributed by atoms with Crippen LogP contribution in [0, 0.1) is 10.1 Å². The van der Waals surface area contributed by atoms with E-state index >= 15 is 0 Å². The fourth-order valence-corrected chi connectivity index (χ4v) is 3.10. The minimum Gasteiger partial charge on any atom is -0.496 e. The molecule has 2 aromatic rings. The predicted molar refractivity (Wildman–Crippen MR) is 86.5 cm³/mol. The van der Waals surface area contributed by atoms with Gasteiger partial charge in [0.2, 0.25) is 0 Å². The Morgan fingerprint density at radius 2 is 1.96 bits per heavy atom. The third-order valence-corrected chi connectivity index (χ3v) is 4.22. The van der Waals surface area contributed by atoms with Crippen molar-refractivity contribution >= 4 is 23.1 Å². The topological polar surface area (TPSA) is 119 Å². The molecule has 122 valence electrons. The van der Waals surface area contributed by atoms with Gasteiger partial charge in [0, 0.05) is 21.4 Å². The first-order chi connectivity index (χ1) is 11.0. The second-order valence-electron chi connectivity index (χ2n) is 4.66. The lowest BCUT2D eigenvalue weighted by molar-refractivity contribution is -0.383. The van der Waals surface area contributed by atoms with Gasteiger partial charge in [-0.05, 0) is 29.8 Å². The summed E-state index contributed by atoms with van der Waals surface area (Å²) in [5, 5.41) is 29.6. The van der Waals surface area contributed by atoms with Crippen LogP contribution in [-0.4, -0.2) is 22.2 Å². The van der Waals surface area contributed by atoms with E-state index in [2.05, 4.69) is 0 Å². The van der Waals surface area contributed by atoms with Crippen molar-refractivity contribution < 1.29 is 19.9 Å². The monoisotopic (exact) mass is 336 g/mol. The number of nitrogens with two attached hydrogens (primary N) is 1. The fourth-order valence-electron chi connectivity index (χ4n) is 2.14. The number of anilines is 1. The van der Waals surface area contributed by atoms with Crippen molar-refractivity contribution in [1.29, 1.82) is 0 Å². The minimum absolute atomic E-state index is 0.0846. The number of methoxy groups -OCH3 is 1. The number of aliphatic hydroxyl groups excluding tert-OH is 2. The summed E-state index contributed by atoms with van der Waals surface area (Å²) >= 11 is 1.33. The zero-order valence-electron chi connectivity index (χ0n) is 12.4. The van der Waals surface area contributed by atoms with E-state index < -0.39 is 4.92 Å². The van der Waals surface area contributed by atoms with Crippen LogP contribution in [-0.2, 0) is 13.2 Å². The number of nitro groups is 1. The van der Waals surface area contributed by atoms with E-state index in [9.17, 15) is 20.3 Å². The number of benzene rings is 2. The fraction of sp³-hybridized carbons (Fsp3) is 0.200. The van der Waals surface area contributed by atoms with Crippen LogP contribution in [0.15, 0.2) is 40.1 Å². The highest BCUT2D eigenvalue weighted by atomic mass is 32.2. The molecule has 0 aromatic heterocycles. The van der Waals surface area contributed by atoms with E-state index in [-0.39, 0.29) is 24.6 Å². The zero-order valence-corrected chi connectivity index (χ0v) is 13.2. The number of aliphatic hydroxyl groups is 2. The van der Waals surface area contributed by atoms with Crippen LogP contribution in [0.25, 0.3) is 0 Å². The Morgan fingerprint density at radius 1 is 1.22 bits per heavy atom. The second kappa shape index (κ2) is 7.32. The van der Waals surface area contributed by atoms with Crippen molar-refractivity contribution in [2.75, 3.05) is 12.8 Å². The Morgan fingerprint density at radius 3 is 2.48 bits per heavy atom. The molecule has 0 radical (unpaired) electrons. The van der Waals surface area contributed by atoms with Gasteiger partial charge >= 0.3 is 0 Å². The molecule has 0 atom stereocenters. The normalized spacial score (nSPS) is 10.6. The molecule has 0 amide bonds.